The van der Waals surface area contributed by atoms with E-state index in [1.54, 1.807) is 26.1 Å². The minimum Gasteiger partial charge on any atom is -0.493 e. The van der Waals surface area contributed by atoms with E-state index in [4.69, 9.17) is 18.9 Å². The molecule has 0 unspecified atom stereocenters. The summed E-state index contributed by atoms with van der Waals surface area (Å²) in [6.45, 7) is 5.09. The number of esters is 1. The molecule has 0 saturated heterocycles. The fraction of sp³-hybridized carbons (Fsp3) is 0.433. The first kappa shape index (κ1) is 28.4. The number of fused-ring (bicyclic) bond motifs is 1. The van der Waals surface area contributed by atoms with Crippen molar-refractivity contribution in [3.05, 3.63) is 58.1 Å². The Morgan fingerprint density at radius 2 is 1.87 bits per heavy atom. The topological polar surface area (TPSA) is 87.2 Å². The normalized spacial score (nSPS) is 14.0. The fourth-order valence-electron chi connectivity index (χ4n) is 4.68. The minimum atomic E-state index is -0.133. The second-order valence-electron chi connectivity index (χ2n) is 9.65. The summed E-state index contributed by atoms with van der Waals surface area (Å²) in [6.07, 6.45) is 3.05. The van der Waals surface area contributed by atoms with Gasteiger partial charge < -0.3 is 23.8 Å². The molecule has 1 aromatic heterocycles. The number of ether oxygens (including phenoxy) is 4. The maximum atomic E-state index is 12.4. The SMILES string of the molecule is CCOC(=O)C[C@@H]1CCc2cc(OCCCOc3ccc(-c4nc(C)c(C(=O)N(C)C)s4)cc3OC)ccc21. The molecule has 0 N–H and O–H groups in total. The molecule has 3 aromatic rings. The lowest BCUT2D eigenvalue weighted by Gasteiger charge is -2.13. The first-order chi connectivity index (χ1) is 18.8. The zero-order valence-electron chi connectivity index (χ0n) is 23.2. The third kappa shape index (κ3) is 6.89. The monoisotopic (exact) mass is 552 g/mol. The molecule has 2 aromatic carbocycles. The average molecular weight is 553 g/mol. The molecule has 0 fully saturated rings. The second kappa shape index (κ2) is 13.0. The van der Waals surface area contributed by atoms with Gasteiger partial charge in [0.25, 0.3) is 5.91 Å². The Morgan fingerprint density at radius 1 is 1.08 bits per heavy atom. The summed E-state index contributed by atoms with van der Waals surface area (Å²) in [5.74, 6) is 2.12. The van der Waals surface area contributed by atoms with E-state index < -0.39 is 0 Å². The smallest absolute Gasteiger partial charge is 0.306 e. The first-order valence-electron chi connectivity index (χ1n) is 13.2. The van der Waals surface area contributed by atoms with Crippen LogP contribution < -0.4 is 14.2 Å². The average Bonchev–Trinajstić information content (AvgIpc) is 3.51. The highest BCUT2D eigenvalue weighted by atomic mass is 32.1. The van der Waals surface area contributed by atoms with Crippen LogP contribution in [-0.4, -0.2) is 62.8 Å². The van der Waals surface area contributed by atoms with Gasteiger partial charge in [0.2, 0.25) is 0 Å². The van der Waals surface area contributed by atoms with Gasteiger partial charge in [-0.05, 0) is 74.1 Å². The van der Waals surface area contributed by atoms with Gasteiger partial charge in [0.1, 0.15) is 15.6 Å². The lowest BCUT2D eigenvalue weighted by Crippen LogP contribution is -2.21. The minimum absolute atomic E-state index is 0.0523. The van der Waals surface area contributed by atoms with E-state index in [1.165, 1.54) is 22.5 Å². The highest BCUT2D eigenvalue weighted by Crippen LogP contribution is 2.38. The Bertz CT molecular complexity index is 1320. The Labute approximate surface area is 233 Å². The Hall–Kier alpha value is -3.59. The predicted octanol–water partition coefficient (Wildman–Crippen LogP) is 5.66. The number of benzene rings is 2. The Balaban J connectivity index is 1.28. The highest BCUT2D eigenvalue weighted by molar-refractivity contribution is 7.17. The van der Waals surface area contributed by atoms with Crippen LogP contribution in [0.2, 0.25) is 0 Å². The van der Waals surface area contributed by atoms with E-state index >= 15 is 0 Å². The van der Waals surface area contributed by atoms with Crippen molar-refractivity contribution < 1.29 is 28.5 Å². The molecule has 0 bridgehead atoms. The molecule has 1 aliphatic rings. The van der Waals surface area contributed by atoms with Crippen LogP contribution in [0.3, 0.4) is 0 Å². The number of hydrogen-bond acceptors (Lipinski definition) is 8. The molecule has 0 radical (unpaired) electrons. The number of amides is 1. The molecule has 4 rings (SSSR count). The largest absolute Gasteiger partial charge is 0.493 e. The van der Waals surface area contributed by atoms with Gasteiger partial charge in [-0.2, -0.15) is 0 Å². The van der Waals surface area contributed by atoms with E-state index in [2.05, 4.69) is 17.1 Å². The van der Waals surface area contributed by atoms with Crippen molar-refractivity contribution in [2.75, 3.05) is 41.0 Å². The molecule has 0 saturated carbocycles. The zero-order chi connectivity index (χ0) is 27.9. The molecule has 39 heavy (non-hydrogen) atoms. The summed E-state index contributed by atoms with van der Waals surface area (Å²) in [5, 5.41) is 0.762. The molecule has 8 nitrogen and oxygen atoms in total. The van der Waals surface area contributed by atoms with E-state index in [1.807, 2.05) is 38.1 Å². The molecule has 9 heteroatoms. The van der Waals surface area contributed by atoms with Crippen LogP contribution in [0.4, 0.5) is 0 Å². The van der Waals surface area contributed by atoms with Gasteiger partial charge in [0, 0.05) is 26.1 Å². The molecule has 0 aliphatic heterocycles. The Morgan fingerprint density at radius 3 is 2.62 bits per heavy atom. The number of aromatic nitrogens is 1. The van der Waals surface area contributed by atoms with E-state index in [-0.39, 0.29) is 17.8 Å². The van der Waals surface area contributed by atoms with Gasteiger partial charge >= 0.3 is 5.97 Å². The maximum Gasteiger partial charge on any atom is 0.306 e. The summed E-state index contributed by atoms with van der Waals surface area (Å²) >= 11 is 1.37. The van der Waals surface area contributed by atoms with Crippen molar-refractivity contribution in [2.45, 2.75) is 45.4 Å². The molecule has 1 aliphatic carbocycles. The molecule has 1 amide bonds. The summed E-state index contributed by atoms with van der Waals surface area (Å²) in [5.41, 5.74) is 4.06. The standard InChI is InChI=1S/C30H36N2O6S/c1-6-36-27(33)18-21-9-8-20-16-23(11-12-24(20)21)37-14-7-15-38-25-13-10-22(17-26(25)35-5)29-31-19(2)28(39-29)30(34)32(3)4/h10-13,16-17,21H,6-9,14-15,18H2,1-5H3/t21-/m0/s1. The van der Waals surface area contributed by atoms with Crippen molar-refractivity contribution in [1.29, 1.82) is 0 Å². The third-order valence-corrected chi connectivity index (χ3v) is 7.85. The van der Waals surface area contributed by atoms with Gasteiger partial charge in [-0.3, -0.25) is 9.59 Å². The van der Waals surface area contributed by atoms with Crippen LogP contribution >= 0.6 is 11.3 Å². The van der Waals surface area contributed by atoms with Gasteiger partial charge in [0.05, 0.1) is 39.0 Å². The van der Waals surface area contributed by atoms with Crippen molar-refractivity contribution >= 4 is 23.2 Å². The number of aryl methyl sites for hydroxylation is 2. The van der Waals surface area contributed by atoms with Crippen LogP contribution in [0.25, 0.3) is 10.6 Å². The second-order valence-corrected chi connectivity index (χ2v) is 10.7. The van der Waals surface area contributed by atoms with Crippen LogP contribution in [0, 0.1) is 6.92 Å². The van der Waals surface area contributed by atoms with Gasteiger partial charge in [-0.15, -0.1) is 11.3 Å². The number of thiazole rings is 1. The van der Waals surface area contributed by atoms with Crippen molar-refractivity contribution in [2.24, 2.45) is 0 Å². The summed E-state index contributed by atoms with van der Waals surface area (Å²) in [6, 6.07) is 11.8. The molecular weight excluding hydrogens is 516 g/mol. The zero-order valence-corrected chi connectivity index (χ0v) is 24.1. The molecule has 208 valence electrons. The summed E-state index contributed by atoms with van der Waals surface area (Å²) < 4.78 is 22.6. The Kier molecular flexibility index (Phi) is 9.45. The molecule has 1 atom stereocenters. The molecular formula is C30H36N2O6S. The van der Waals surface area contributed by atoms with Crippen molar-refractivity contribution in [3.8, 4) is 27.8 Å². The number of nitrogens with zero attached hydrogens (tertiary/aromatic N) is 2. The van der Waals surface area contributed by atoms with E-state index in [9.17, 15) is 9.59 Å². The fourth-order valence-corrected chi connectivity index (χ4v) is 5.76. The number of rotatable bonds is 12. The van der Waals surface area contributed by atoms with Crippen molar-refractivity contribution in [3.63, 3.8) is 0 Å². The molecule has 0 spiro atoms. The van der Waals surface area contributed by atoms with E-state index in [0.717, 1.165) is 29.2 Å². The summed E-state index contributed by atoms with van der Waals surface area (Å²) in [4.78, 5) is 31.0. The van der Waals surface area contributed by atoms with Crippen LogP contribution in [0.1, 0.15) is 58.6 Å². The third-order valence-electron chi connectivity index (χ3n) is 6.66. The van der Waals surface area contributed by atoms with Crippen LogP contribution in [0.5, 0.6) is 17.2 Å². The van der Waals surface area contributed by atoms with Gasteiger partial charge in [-0.1, -0.05) is 6.07 Å². The number of carbonyl (C=O) groups is 2. The number of carbonyl (C=O) groups excluding carboxylic acids is 2. The highest BCUT2D eigenvalue weighted by Gasteiger charge is 2.25. The number of methoxy groups -OCH3 is 1. The summed E-state index contributed by atoms with van der Waals surface area (Å²) in [7, 11) is 5.07. The number of hydrogen-bond donors (Lipinski definition) is 0. The van der Waals surface area contributed by atoms with E-state index in [0.29, 0.717) is 54.7 Å². The lowest BCUT2D eigenvalue weighted by molar-refractivity contribution is -0.143. The first-order valence-corrected chi connectivity index (χ1v) is 14.0. The van der Waals surface area contributed by atoms with Crippen molar-refractivity contribution in [1.82, 2.24) is 9.88 Å². The van der Waals surface area contributed by atoms with Gasteiger partial charge in [-0.25, -0.2) is 4.98 Å². The predicted molar refractivity (Wildman–Crippen MR) is 151 cm³/mol. The van der Waals surface area contributed by atoms with Crippen LogP contribution in [0.15, 0.2) is 36.4 Å². The molecule has 1 heterocycles. The quantitative estimate of drug-likeness (QED) is 0.212. The van der Waals surface area contributed by atoms with Gasteiger partial charge in [0.15, 0.2) is 11.5 Å². The maximum absolute atomic E-state index is 12.4. The van der Waals surface area contributed by atoms with Crippen LogP contribution in [-0.2, 0) is 16.0 Å². The lowest BCUT2D eigenvalue weighted by atomic mass is 9.98.